The normalized spacial score (nSPS) is 27.6. The van der Waals surface area contributed by atoms with Gasteiger partial charge in [-0.3, -0.25) is 4.68 Å². The van der Waals surface area contributed by atoms with Crippen molar-refractivity contribution in [2.24, 2.45) is 12.8 Å². The number of esters is 1. The maximum absolute atomic E-state index is 11.6. The van der Waals surface area contributed by atoms with Gasteiger partial charge < -0.3 is 15.6 Å². The predicted molar refractivity (Wildman–Crippen MR) is 60.5 cm³/mol. The molecular weight excluding hydrogens is 222 g/mol. The quantitative estimate of drug-likeness (QED) is 0.698. The molecule has 0 unspecified atom stereocenters. The fraction of sp³-hybridized carbons (Fsp3) is 0.636. The molecule has 1 aliphatic rings. The van der Waals surface area contributed by atoms with Crippen molar-refractivity contribution in [2.45, 2.75) is 24.4 Å². The van der Waals surface area contributed by atoms with E-state index in [2.05, 4.69) is 5.10 Å². The number of aryl methyl sites for hydroxylation is 1. The molecule has 1 heterocycles. The Labute approximate surface area is 99.4 Å². The lowest BCUT2D eigenvalue weighted by Crippen LogP contribution is -2.50. The van der Waals surface area contributed by atoms with Gasteiger partial charge in [-0.05, 0) is 12.8 Å². The molecule has 6 nitrogen and oxygen atoms in total. The summed E-state index contributed by atoms with van der Waals surface area (Å²) in [6, 6.07) is 0. The van der Waals surface area contributed by atoms with Crippen LogP contribution in [0.5, 0.6) is 0 Å². The highest BCUT2D eigenvalue weighted by Gasteiger charge is 2.47. The Balaban J connectivity index is 2.40. The Bertz CT molecular complexity index is 435. The Morgan fingerprint density at radius 3 is 2.88 bits per heavy atom. The van der Waals surface area contributed by atoms with Crippen LogP contribution in [0.1, 0.15) is 28.9 Å². The van der Waals surface area contributed by atoms with Crippen molar-refractivity contribution in [2.75, 3.05) is 13.7 Å². The van der Waals surface area contributed by atoms with Gasteiger partial charge in [-0.15, -0.1) is 0 Å². The van der Waals surface area contributed by atoms with Gasteiger partial charge in [-0.25, -0.2) is 4.79 Å². The number of aliphatic hydroxyl groups excluding tert-OH is 1. The molecule has 3 N–H and O–H groups in total. The van der Waals surface area contributed by atoms with Crippen LogP contribution in [0.2, 0.25) is 0 Å². The number of ether oxygens (including phenoxy) is 1. The zero-order valence-electron chi connectivity index (χ0n) is 10.0. The molecular formula is C11H17N3O3. The fourth-order valence-corrected chi connectivity index (χ4v) is 2.46. The average Bonchev–Trinajstić information content (AvgIpc) is 2.66. The van der Waals surface area contributed by atoms with Crippen LogP contribution < -0.4 is 5.73 Å². The van der Waals surface area contributed by atoms with E-state index in [1.165, 1.54) is 7.11 Å². The number of nitrogens with zero attached hydrogens (tertiary/aromatic N) is 2. The molecule has 0 saturated heterocycles. The molecule has 0 amide bonds. The fourth-order valence-electron chi connectivity index (χ4n) is 2.46. The van der Waals surface area contributed by atoms with Gasteiger partial charge in [0.2, 0.25) is 0 Å². The summed E-state index contributed by atoms with van der Waals surface area (Å²) in [7, 11) is 3.07. The van der Waals surface area contributed by atoms with Crippen LogP contribution in [0.15, 0.2) is 6.20 Å². The zero-order chi connectivity index (χ0) is 12.6. The van der Waals surface area contributed by atoms with E-state index in [4.69, 9.17) is 10.5 Å². The summed E-state index contributed by atoms with van der Waals surface area (Å²) in [4.78, 5) is 11.6. The molecule has 1 saturated carbocycles. The summed E-state index contributed by atoms with van der Waals surface area (Å²) in [6.45, 7) is 0.389. The van der Waals surface area contributed by atoms with Crippen LogP contribution >= 0.6 is 0 Å². The SMILES string of the molecule is COC(=O)c1nn(C)cc1C1(CN)CC(O)C1. The first-order valence-electron chi connectivity index (χ1n) is 5.53. The highest BCUT2D eigenvalue weighted by atomic mass is 16.5. The minimum Gasteiger partial charge on any atom is -0.464 e. The van der Waals surface area contributed by atoms with Crippen molar-refractivity contribution in [3.05, 3.63) is 17.5 Å². The third-order valence-electron chi connectivity index (χ3n) is 3.42. The minimum absolute atomic E-state index is 0.298. The Kier molecular flexibility index (Phi) is 2.92. The smallest absolute Gasteiger partial charge is 0.358 e. The van der Waals surface area contributed by atoms with E-state index in [0.29, 0.717) is 25.1 Å². The first-order valence-corrected chi connectivity index (χ1v) is 5.53. The molecule has 2 rings (SSSR count). The molecule has 6 heteroatoms. The maximum atomic E-state index is 11.6. The van der Waals surface area contributed by atoms with Crippen molar-refractivity contribution >= 4 is 5.97 Å². The van der Waals surface area contributed by atoms with Crippen LogP contribution in [0, 0.1) is 0 Å². The van der Waals surface area contributed by atoms with E-state index >= 15 is 0 Å². The number of hydrogen-bond donors (Lipinski definition) is 2. The number of nitrogens with two attached hydrogens (primary N) is 1. The van der Waals surface area contributed by atoms with Gasteiger partial charge in [0.1, 0.15) is 0 Å². The molecule has 0 radical (unpaired) electrons. The Morgan fingerprint density at radius 2 is 2.41 bits per heavy atom. The van der Waals surface area contributed by atoms with E-state index in [1.54, 1.807) is 17.9 Å². The Morgan fingerprint density at radius 1 is 1.76 bits per heavy atom. The van der Waals surface area contributed by atoms with Crippen LogP contribution in [0.4, 0.5) is 0 Å². The molecule has 0 aromatic carbocycles. The predicted octanol–water partition coefficient (Wildman–Crippen LogP) is -0.442. The third kappa shape index (κ3) is 1.83. The molecule has 1 aliphatic carbocycles. The van der Waals surface area contributed by atoms with E-state index in [1.807, 2.05) is 0 Å². The number of rotatable bonds is 3. The zero-order valence-corrected chi connectivity index (χ0v) is 10.0. The van der Waals surface area contributed by atoms with Crippen molar-refractivity contribution in [3.8, 4) is 0 Å². The van der Waals surface area contributed by atoms with Gasteiger partial charge in [0, 0.05) is 30.8 Å². The van der Waals surface area contributed by atoms with Gasteiger partial charge in [0.25, 0.3) is 0 Å². The van der Waals surface area contributed by atoms with Crippen molar-refractivity contribution in [3.63, 3.8) is 0 Å². The molecule has 1 aromatic heterocycles. The number of aliphatic hydroxyl groups is 1. The summed E-state index contributed by atoms with van der Waals surface area (Å²) < 4.78 is 6.28. The number of methoxy groups -OCH3 is 1. The van der Waals surface area contributed by atoms with E-state index in [9.17, 15) is 9.90 Å². The number of carbonyl (C=O) groups excluding carboxylic acids is 1. The second kappa shape index (κ2) is 4.12. The van der Waals surface area contributed by atoms with E-state index < -0.39 is 5.97 Å². The van der Waals surface area contributed by atoms with Crippen LogP contribution in [-0.2, 0) is 17.2 Å². The standard InChI is InChI=1S/C11H17N3O3/c1-14-5-8(9(13-14)10(16)17-2)11(6-12)3-7(15)4-11/h5,7,15H,3-4,6,12H2,1-2H3. The van der Waals surface area contributed by atoms with Gasteiger partial charge in [-0.1, -0.05) is 0 Å². The van der Waals surface area contributed by atoms with E-state index in [0.717, 1.165) is 5.56 Å². The lowest BCUT2D eigenvalue weighted by molar-refractivity contribution is 0.0208. The number of aromatic nitrogens is 2. The maximum Gasteiger partial charge on any atom is 0.358 e. The van der Waals surface area contributed by atoms with Crippen LogP contribution in [0.25, 0.3) is 0 Å². The van der Waals surface area contributed by atoms with Gasteiger partial charge in [0.15, 0.2) is 5.69 Å². The summed E-state index contributed by atoms with van der Waals surface area (Å²) in [5.41, 5.74) is 6.52. The van der Waals surface area contributed by atoms with Crippen molar-refractivity contribution in [1.82, 2.24) is 9.78 Å². The number of carbonyl (C=O) groups is 1. The molecule has 0 bridgehead atoms. The van der Waals surface area contributed by atoms with E-state index in [-0.39, 0.29) is 11.5 Å². The minimum atomic E-state index is -0.463. The number of hydrogen-bond acceptors (Lipinski definition) is 5. The van der Waals surface area contributed by atoms with Crippen LogP contribution in [-0.4, -0.2) is 40.6 Å². The largest absolute Gasteiger partial charge is 0.464 e. The average molecular weight is 239 g/mol. The van der Waals surface area contributed by atoms with Gasteiger partial charge >= 0.3 is 5.97 Å². The van der Waals surface area contributed by atoms with Crippen LogP contribution in [0.3, 0.4) is 0 Å². The third-order valence-corrected chi connectivity index (χ3v) is 3.42. The second-order valence-electron chi connectivity index (χ2n) is 4.60. The molecule has 0 aliphatic heterocycles. The molecule has 0 spiro atoms. The Hall–Kier alpha value is -1.40. The summed E-state index contributed by atoms with van der Waals surface area (Å²) in [5.74, 6) is -0.463. The van der Waals surface area contributed by atoms with Gasteiger partial charge in [0.05, 0.1) is 13.2 Å². The molecule has 1 aromatic rings. The van der Waals surface area contributed by atoms with Crippen molar-refractivity contribution in [1.29, 1.82) is 0 Å². The second-order valence-corrected chi connectivity index (χ2v) is 4.60. The highest BCUT2D eigenvalue weighted by molar-refractivity contribution is 5.89. The summed E-state index contributed by atoms with van der Waals surface area (Å²) in [6.07, 6.45) is 2.58. The molecule has 0 atom stereocenters. The van der Waals surface area contributed by atoms with Crippen molar-refractivity contribution < 1.29 is 14.6 Å². The molecule has 1 fully saturated rings. The lowest BCUT2D eigenvalue weighted by Gasteiger charge is -2.44. The first kappa shape index (κ1) is 12.1. The van der Waals surface area contributed by atoms with Gasteiger partial charge in [-0.2, -0.15) is 5.10 Å². The monoisotopic (exact) mass is 239 g/mol. The lowest BCUT2D eigenvalue weighted by atomic mass is 9.63. The topological polar surface area (TPSA) is 90.4 Å². The highest BCUT2D eigenvalue weighted by Crippen LogP contribution is 2.44. The summed E-state index contributed by atoms with van der Waals surface area (Å²) >= 11 is 0. The first-order chi connectivity index (χ1) is 8.02. The summed E-state index contributed by atoms with van der Waals surface area (Å²) in [5, 5.41) is 13.6. The molecule has 17 heavy (non-hydrogen) atoms. The molecule has 94 valence electrons.